The van der Waals surface area contributed by atoms with Gasteiger partial charge in [0.15, 0.2) is 0 Å². The molecule has 0 spiro atoms. The number of hydrogen-bond donors (Lipinski definition) is 3. The van der Waals surface area contributed by atoms with Crippen LogP contribution in [0.2, 0.25) is 0 Å². The first-order valence-electron chi connectivity index (χ1n) is 3.79. The maximum absolute atomic E-state index is 9.44. The molecule has 0 amide bonds. The van der Waals surface area contributed by atoms with Crippen LogP contribution in [0.3, 0.4) is 0 Å². The van der Waals surface area contributed by atoms with Crippen molar-refractivity contribution in [2.24, 2.45) is 0 Å². The lowest BCUT2D eigenvalue weighted by Crippen LogP contribution is -1.78. The van der Waals surface area contributed by atoms with E-state index in [0.29, 0.717) is 6.61 Å². The molecule has 82 valence electrons. The van der Waals surface area contributed by atoms with Crippen molar-refractivity contribution in [3.63, 3.8) is 0 Å². The van der Waals surface area contributed by atoms with Crippen molar-refractivity contribution in [3.05, 3.63) is 0 Å². The largest absolute Gasteiger partial charge is 0.396 e. The van der Waals surface area contributed by atoms with Crippen LogP contribution in [-0.4, -0.2) is 21.5 Å². The topological polar surface area (TPSA) is 104 Å². The van der Waals surface area contributed by atoms with Gasteiger partial charge in [-0.05, 0) is 6.42 Å². The highest BCUT2D eigenvalue weighted by Gasteiger charge is 1.93. The van der Waals surface area contributed by atoms with Gasteiger partial charge in [0.2, 0.25) is 0 Å². The van der Waals surface area contributed by atoms with E-state index in [2.05, 4.69) is 11.2 Å². The quantitative estimate of drug-likeness (QED) is 0.483. The molecule has 2 atom stereocenters. The van der Waals surface area contributed by atoms with E-state index in [9.17, 15) is 9.13 Å². The Morgan fingerprint density at radius 2 is 1.62 bits per heavy atom. The van der Waals surface area contributed by atoms with Gasteiger partial charge in [-0.2, -0.15) is 0 Å². The first-order chi connectivity index (χ1) is 6.04. The van der Waals surface area contributed by atoms with Crippen LogP contribution < -0.4 is 0 Å². The van der Waals surface area contributed by atoms with Gasteiger partial charge in [0.05, 0.1) is 0 Å². The average Bonchev–Trinajstić information content (AvgIpc) is 1.99. The highest BCUT2D eigenvalue weighted by atomic mass is 31.2. The van der Waals surface area contributed by atoms with Crippen LogP contribution in [0, 0.1) is 0 Å². The third kappa shape index (κ3) is 24.5. The number of aliphatic hydroxyl groups is 1. The van der Waals surface area contributed by atoms with E-state index in [1.165, 1.54) is 6.42 Å². The maximum atomic E-state index is 9.44. The lowest BCUT2D eigenvalue weighted by molar-refractivity contribution is 0.284. The number of aliphatic hydroxyl groups excluding tert-OH is 1. The monoisotopic (exact) mass is 234 g/mol. The molecule has 0 radical (unpaired) electrons. The Morgan fingerprint density at radius 1 is 1.15 bits per heavy atom. The van der Waals surface area contributed by atoms with Crippen LogP contribution >= 0.6 is 16.5 Å². The number of unbranched alkanes of at least 4 members (excludes halogenated alkanes) is 2. The molecule has 0 aliphatic heterocycles. The summed E-state index contributed by atoms with van der Waals surface area (Å²) in [6.07, 6.45) is 3.33. The molecular formula is C5H16O6P2. The SMILES string of the molecule is CCCCCO.O=[PH](O)O[PH](=O)O. The van der Waals surface area contributed by atoms with Gasteiger partial charge in [0.1, 0.15) is 0 Å². The van der Waals surface area contributed by atoms with Gasteiger partial charge in [-0.15, -0.1) is 0 Å². The van der Waals surface area contributed by atoms with Crippen LogP contribution in [-0.2, 0) is 13.4 Å². The maximum Gasteiger partial charge on any atom is 0.323 e. The van der Waals surface area contributed by atoms with E-state index in [1.807, 2.05) is 0 Å². The minimum atomic E-state index is -3.20. The van der Waals surface area contributed by atoms with E-state index < -0.39 is 16.5 Å². The second-order valence-corrected chi connectivity index (χ2v) is 3.94. The summed E-state index contributed by atoms with van der Waals surface area (Å²) in [6, 6.07) is 0. The molecule has 0 aliphatic rings. The lowest BCUT2D eigenvalue weighted by atomic mass is 10.3. The fourth-order valence-electron chi connectivity index (χ4n) is 0.436. The summed E-state index contributed by atoms with van der Waals surface area (Å²) < 4.78 is 22.3. The first kappa shape index (κ1) is 15.8. The Balaban J connectivity index is 0. The zero-order chi connectivity index (χ0) is 10.7. The molecule has 0 heterocycles. The minimum Gasteiger partial charge on any atom is -0.396 e. The van der Waals surface area contributed by atoms with Crippen molar-refractivity contribution in [1.82, 2.24) is 0 Å². The van der Waals surface area contributed by atoms with Crippen molar-refractivity contribution < 1.29 is 28.3 Å². The summed E-state index contributed by atoms with van der Waals surface area (Å²) in [4.78, 5) is 15.4. The summed E-state index contributed by atoms with van der Waals surface area (Å²) in [7, 11) is -6.40. The van der Waals surface area contributed by atoms with Crippen LogP contribution in [0.5, 0.6) is 0 Å². The molecular weight excluding hydrogens is 218 g/mol. The summed E-state index contributed by atoms with van der Waals surface area (Å²) in [5.41, 5.74) is 0. The third-order valence-electron chi connectivity index (χ3n) is 0.936. The molecule has 3 N–H and O–H groups in total. The molecule has 0 fully saturated rings. The minimum absolute atomic E-state index is 0.355. The average molecular weight is 234 g/mol. The predicted molar refractivity (Wildman–Crippen MR) is 50.1 cm³/mol. The Hall–Kier alpha value is 0.300. The van der Waals surface area contributed by atoms with E-state index in [0.717, 1.165) is 12.8 Å². The molecule has 0 aromatic heterocycles. The predicted octanol–water partition coefficient (Wildman–Crippen LogP) is 0.936. The standard InChI is InChI=1S/C5H12O.H4O5P2/c1-2-3-4-5-6;1-6(2)5-7(3)4/h6H,2-5H2,1H3;6-7H,(H,1,2)(H,3,4). The normalized spacial score (nSPS) is 14.2. The van der Waals surface area contributed by atoms with Gasteiger partial charge >= 0.3 is 16.5 Å². The Labute approximate surface area is 78.5 Å². The molecule has 0 bridgehead atoms. The van der Waals surface area contributed by atoms with Crippen molar-refractivity contribution >= 4 is 16.5 Å². The molecule has 0 rings (SSSR count). The Kier molecular flexibility index (Phi) is 14.9. The summed E-state index contributed by atoms with van der Waals surface area (Å²) in [5.74, 6) is 0. The van der Waals surface area contributed by atoms with Gasteiger partial charge in [-0.25, -0.2) is 4.31 Å². The van der Waals surface area contributed by atoms with Gasteiger partial charge < -0.3 is 14.9 Å². The van der Waals surface area contributed by atoms with Crippen molar-refractivity contribution in [3.8, 4) is 0 Å². The van der Waals surface area contributed by atoms with Gasteiger partial charge in [0.25, 0.3) is 0 Å². The van der Waals surface area contributed by atoms with E-state index in [1.54, 1.807) is 0 Å². The van der Waals surface area contributed by atoms with Gasteiger partial charge in [-0.3, -0.25) is 9.13 Å². The second kappa shape index (κ2) is 12.3. The number of rotatable bonds is 5. The highest BCUT2D eigenvalue weighted by molar-refractivity contribution is 7.46. The lowest BCUT2D eigenvalue weighted by Gasteiger charge is -1.86. The van der Waals surface area contributed by atoms with Crippen molar-refractivity contribution in [2.75, 3.05) is 6.61 Å². The smallest absolute Gasteiger partial charge is 0.323 e. The summed E-state index contributed by atoms with van der Waals surface area (Å²) in [5, 5.41) is 8.20. The summed E-state index contributed by atoms with van der Waals surface area (Å²) >= 11 is 0. The van der Waals surface area contributed by atoms with E-state index in [-0.39, 0.29) is 0 Å². The van der Waals surface area contributed by atoms with Gasteiger partial charge in [-0.1, -0.05) is 19.8 Å². The van der Waals surface area contributed by atoms with Gasteiger partial charge in [0, 0.05) is 6.61 Å². The zero-order valence-corrected chi connectivity index (χ0v) is 9.39. The van der Waals surface area contributed by atoms with E-state index >= 15 is 0 Å². The van der Waals surface area contributed by atoms with Crippen LogP contribution in [0.15, 0.2) is 0 Å². The Morgan fingerprint density at radius 3 is 1.69 bits per heavy atom. The molecule has 0 saturated heterocycles. The van der Waals surface area contributed by atoms with Crippen LogP contribution in [0.4, 0.5) is 0 Å². The molecule has 2 unspecified atom stereocenters. The fourth-order valence-corrected chi connectivity index (χ4v) is 1.03. The van der Waals surface area contributed by atoms with Crippen molar-refractivity contribution in [1.29, 1.82) is 0 Å². The molecule has 13 heavy (non-hydrogen) atoms. The zero-order valence-electron chi connectivity index (χ0n) is 7.39. The molecule has 0 saturated carbocycles. The summed E-state index contributed by atoms with van der Waals surface area (Å²) in [6.45, 7) is 2.48. The third-order valence-corrected chi connectivity index (χ3v) is 2.33. The molecule has 0 aromatic rings. The molecule has 8 heteroatoms. The van der Waals surface area contributed by atoms with Crippen molar-refractivity contribution in [2.45, 2.75) is 26.2 Å². The van der Waals surface area contributed by atoms with Crippen LogP contribution in [0.1, 0.15) is 26.2 Å². The fraction of sp³-hybridized carbons (Fsp3) is 1.00. The molecule has 6 nitrogen and oxygen atoms in total. The highest BCUT2D eigenvalue weighted by Crippen LogP contribution is 2.30. The second-order valence-electron chi connectivity index (χ2n) is 2.06. The molecule has 0 aliphatic carbocycles. The van der Waals surface area contributed by atoms with Crippen LogP contribution in [0.25, 0.3) is 0 Å². The Bertz CT molecular complexity index is 134. The first-order valence-corrected chi connectivity index (χ1v) is 6.31. The number of hydrogen-bond acceptors (Lipinski definition) is 4. The van der Waals surface area contributed by atoms with E-state index in [4.69, 9.17) is 14.9 Å². The molecule has 0 aromatic carbocycles.